The Morgan fingerprint density at radius 2 is 1.85 bits per heavy atom. The van der Waals surface area contributed by atoms with Crippen molar-refractivity contribution in [3.63, 3.8) is 0 Å². The Morgan fingerprint density at radius 3 is 2.70 bits per heavy atom. The van der Waals surface area contributed by atoms with Crippen molar-refractivity contribution in [1.82, 2.24) is 14.6 Å². The maximum atomic E-state index is 12.3. The number of nitrogens with one attached hydrogen (secondary N) is 1. The SMILES string of the molecule is Nc1cn2nc(C#Cc3cccc(NC(=O)c4ccccc4)c3)ccc2n1. The first-order valence-corrected chi connectivity index (χ1v) is 8.28. The maximum Gasteiger partial charge on any atom is 0.255 e. The van der Waals surface area contributed by atoms with Crippen LogP contribution in [0.3, 0.4) is 0 Å². The molecule has 0 bridgehead atoms. The van der Waals surface area contributed by atoms with E-state index in [4.69, 9.17) is 5.73 Å². The summed E-state index contributed by atoms with van der Waals surface area (Å²) in [5.41, 5.74) is 8.98. The van der Waals surface area contributed by atoms with Gasteiger partial charge in [0.2, 0.25) is 0 Å². The summed E-state index contributed by atoms with van der Waals surface area (Å²) in [7, 11) is 0. The third-order valence-electron chi connectivity index (χ3n) is 3.83. The molecule has 2 heterocycles. The molecular formula is C21H15N5O. The number of nitrogens with zero attached hydrogens (tertiary/aromatic N) is 3. The summed E-state index contributed by atoms with van der Waals surface area (Å²) in [6.45, 7) is 0. The molecule has 0 atom stereocenters. The van der Waals surface area contributed by atoms with Gasteiger partial charge in [-0.3, -0.25) is 4.79 Å². The highest BCUT2D eigenvalue weighted by Crippen LogP contribution is 2.12. The Bertz CT molecular complexity index is 1190. The van der Waals surface area contributed by atoms with Crippen LogP contribution < -0.4 is 11.1 Å². The van der Waals surface area contributed by atoms with E-state index in [1.807, 2.05) is 48.5 Å². The summed E-state index contributed by atoms with van der Waals surface area (Å²) in [6, 6.07) is 20.0. The molecule has 0 saturated carbocycles. The lowest BCUT2D eigenvalue weighted by Gasteiger charge is -2.05. The molecule has 2 aromatic heterocycles. The highest BCUT2D eigenvalue weighted by Gasteiger charge is 2.05. The lowest BCUT2D eigenvalue weighted by Crippen LogP contribution is -2.11. The summed E-state index contributed by atoms with van der Waals surface area (Å²) < 4.78 is 1.59. The van der Waals surface area contributed by atoms with Gasteiger partial charge in [-0.15, -0.1) is 0 Å². The smallest absolute Gasteiger partial charge is 0.255 e. The average Bonchev–Trinajstić information content (AvgIpc) is 3.06. The van der Waals surface area contributed by atoms with E-state index in [2.05, 4.69) is 27.2 Å². The van der Waals surface area contributed by atoms with Gasteiger partial charge in [-0.25, -0.2) is 9.50 Å². The van der Waals surface area contributed by atoms with Crippen LogP contribution in [-0.4, -0.2) is 20.5 Å². The molecule has 0 saturated heterocycles. The molecule has 0 unspecified atom stereocenters. The first kappa shape index (κ1) is 16.4. The molecule has 0 spiro atoms. The second kappa shape index (κ2) is 7.02. The molecule has 0 aliphatic rings. The second-order valence-corrected chi connectivity index (χ2v) is 5.84. The molecule has 6 nitrogen and oxygen atoms in total. The number of anilines is 2. The van der Waals surface area contributed by atoms with Gasteiger partial charge in [0.05, 0.1) is 6.20 Å². The second-order valence-electron chi connectivity index (χ2n) is 5.84. The number of hydrogen-bond donors (Lipinski definition) is 2. The number of amides is 1. The van der Waals surface area contributed by atoms with Crippen molar-refractivity contribution < 1.29 is 4.79 Å². The van der Waals surface area contributed by atoms with E-state index >= 15 is 0 Å². The number of rotatable bonds is 2. The van der Waals surface area contributed by atoms with Crippen LogP contribution in [0.1, 0.15) is 21.6 Å². The highest BCUT2D eigenvalue weighted by molar-refractivity contribution is 6.04. The van der Waals surface area contributed by atoms with E-state index < -0.39 is 0 Å². The first-order chi connectivity index (χ1) is 13.2. The van der Waals surface area contributed by atoms with Crippen LogP contribution in [-0.2, 0) is 0 Å². The van der Waals surface area contributed by atoms with Gasteiger partial charge in [0.15, 0.2) is 5.65 Å². The van der Waals surface area contributed by atoms with Crippen molar-refractivity contribution in [1.29, 1.82) is 0 Å². The van der Waals surface area contributed by atoms with Crippen LogP contribution in [0, 0.1) is 11.8 Å². The number of carbonyl (C=O) groups is 1. The van der Waals surface area contributed by atoms with Gasteiger partial charge < -0.3 is 11.1 Å². The lowest BCUT2D eigenvalue weighted by molar-refractivity contribution is 0.102. The average molecular weight is 353 g/mol. The fourth-order valence-electron chi connectivity index (χ4n) is 2.57. The minimum absolute atomic E-state index is 0.162. The largest absolute Gasteiger partial charge is 0.382 e. The summed E-state index contributed by atoms with van der Waals surface area (Å²) >= 11 is 0. The number of benzene rings is 2. The monoisotopic (exact) mass is 353 g/mol. The molecule has 0 aliphatic carbocycles. The summed E-state index contributed by atoms with van der Waals surface area (Å²) in [4.78, 5) is 16.4. The molecule has 1 amide bonds. The molecule has 3 N–H and O–H groups in total. The minimum atomic E-state index is -0.162. The van der Waals surface area contributed by atoms with E-state index in [-0.39, 0.29) is 5.91 Å². The Balaban J connectivity index is 1.54. The van der Waals surface area contributed by atoms with Gasteiger partial charge in [0.1, 0.15) is 11.5 Å². The quantitative estimate of drug-likeness (QED) is 0.543. The van der Waals surface area contributed by atoms with E-state index in [1.165, 1.54) is 0 Å². The zero-order valence-corrected chi connectivity index (χ0v) is 14.3. The first-order valence-electron chi connectivity index (χ1n) is 8.28. The molecule has 130 valence electrons. The van der Waals surface area contributed by atoms with Crippen molar-refractivity contribution in [2.45, 2.75) is 0 Å². The van der Waals surface area contributed by atoms with Gasteiger partial charge in [-0.05, 0) is 48.4 Å². The molecule has 2 aromatic carbocycles. The van der Waals surface area contributed by atoms with E-state index in [0.29, 0.717) is 28.4 Å². The molecule has 4 aromatic rings. The number of hydrogen-bond acceptors (Lipinski definition) is 4. The molecule has 0 fully saturated rings. The van der Waals surface area contributed by atoms with Crippen LogP contribution in [0.5, 0.6) is 0 Å². The number of nitrogen functional groups attached to an aromatic ring is 1. The molecule has 27 heavy (non-hydrogen) atoms. The fraction of sp³-hybridized carbons (Fsp3) is 0. The van der Waals surface area contributed by atoms with Crippen molar-refractivity contribution in [3.8, 4) is 11.8 Å². The van der Waals surface area contributed by atoms with Gasteiger partial charge in [-0.2, -0.15) is 5.10 Å². The maximum absolute atomic E-state index is 12.3. The number of fused-ring (bicyclic) bond motifs is 1. The Morgan fingerprint density at radius 1 is 1.00 bits per heavy atom. The van der Waals surface area contributed by atoms with Crippen LogP contribution in [0.2, 0.25) is 0 Å². The van der Waals surface area contributed by atoms with E-state index in [0.717, 1.165) is 5.56 Å². The summed E-state index contributed by atoms with van der Waals surface area (Å²) in [5.74, 6) is 6.32. The number of imidazole rings is 1. The van der Waals surface area contributed by atoms with Gasteiger partial charge in [-0.1, -0.05) is 30.2 Å². The normalized spacial score (nSPS) is 10.2. The van der Waals surface area contributed by atoms with Crippen LogP contribution in [0.25, 0.3) is 5.65 Å². The van der Waals surface area contributed by atoms with E-state index in [9.17, 15) is 4.79 Å². The minimum Gasteiger partial charge on any atom is -0.382 e. The standard InChI is InChI=1S/C21H15N5O/c22-19-14-26-20(24-19)12-11-17(25-26)10-9-15-5-4-8-18(13-15)23-21(27)16-6-2-1-3-7-16/h1-8,11-14H,22H2,(H,23,27). The Labute approximate surface area is 155 Å². The van der Waals surface area contributed by atoms with Crippen LogP contribution >= 0.6 is 0 Å². The van der Waals surface area contributed by atoms with Gasteiger partial charge in [0, 0.05) is 16.8 Å². The third kappa shape index (κ3) is 3.78. The molecule has 4 rings (SSSR count). The highest BCUT2D eigenvalue weighted by atomic mass is 16.1. The summed E-state index contributed by atoms with van der Waals surface area (Å²) in [5, 5.41) is 7.23. The van der Waals surface area contributed by atoms with Gasteiger partial charge in [0.25, 0.3) is 5.91 Å². The van der Waals surface area contributed by atoms with Crippen molar-refractivity contribution >= 4 is 23.1 Å². The summed E-state index contributed by atoms with van der Waals surface area (Å²) in [6.07, 6.45) is 1.64. The third-order valence-corrected chi connectivity index (χ3v) is 3.83. The molecule has 0 aliphatic heterocycles. The predicted octanol–water partition coefficient (Wildman–Crippen LogP) is 2.96. The predicted molar refractivity (Wildman–Crippen MR) is 104 cm³/mol. The zero-order valence-electron chi connectivity index (χ0n) is 14.3. The van der Waals surface area contributed by atoms with Crippen molar-refractivity contribution in [2.75, 3.05) is 11.1 Å². The molecular weight excluding hydrogens is 338 g/mol. The van der Waals surface area contributed by atoms with E-state index in [1.54, 1.807) is 28.9 Å². The van der Waals surface area contributed by atoms with Crippen molar-refractivity contribution in [2.24, 2.45) is 0 Å². The Kier molecular flexibility index (Phi) is 4.25. The van der Waals surface area contributed by atoms with Crippen LogP contribution in [0.4, 0.5) is 11.5 Å². The topological polar surface area (TPSA) is 85.3 Å². The van der Waals surface area contributed by atoms with Crippen molar-refractivity contribution in [3.05, 3.63) is 89.7 Å². The van der Waals surface area contributed by atoms with Gasteiger partial charge >= 0.3 is 0 Å². The number of carbonyl (C=O) groups excluding carboxylic acids is 1. The molecule has 6 heteroatoms. The zero-order chi connectivity index (χ0) is 18.6. The number of nitrogens with two attached hydrogens (primary N) is 1. The molecule has 0 radical (unpaired) electrons. The Hall–Kier alpha value is -4.11. The fourth-order valence-corrected chi connectivity index (χ4v) is 2.57. The van der Waals surface area contributed by atoms with Crippen LogP contribution in [0.15, 0.2) is 72.9 Å². The number of aromatic nitrogens is 3. The lowest BCUT2D eigenvalue weighted by atomic mass is 10.1.